The summed E-state index contributed by atoms with van der Waals surface area (Å²) < 4.78 is 22.0. The smallest absolute Gasteiger partial charge is 0.161 e. The highest BCUT2D eigenvalue weighted by atomic mass is 16.5. The van der Waals surface area contributed by atoms with Gasteiger partial charge in [0.25, 0.3) is 0 Å². The average molecular weight is 386 g/mol. The molecule has 0 N–H and O–H groups in total. The molecule has 5 heteroatoms. The number of hydrogen-bond acceptors (Lipinski definition) is 5. The highest BCUT2D eigenvalue weighted by Crippen LogP contribution is 2.40. The third-order valence-electron chi connectivity index (χ3n) is 5.50. The molecule has 1 aliphatic heterocycles. The minimum atomic E-state index is 0.293. The molecule has 2 aromatic carbocycles. The van der Waals surface area contributed by atoms with E-state index in [9.17, 15) is 0 Å². The number of nitrogens with zero attached hydrogens (tertiary/aromatic N) is 1. The Hall–Kier alpha value is -2.40. The van der Waals surface area contributed by atoms with Crippen LogP contribution < -0.4 is 18.9 Å². The molecule has 5 nitrogen and oxygen atoms in total. The van der Waals surface area contributed by atoms with Crippen molar-refractivity contribution >= 4 is 0 Å². The van der Waals surface area contributed by atoms with E-state index in [0.29, 0.717) is 6.04 Å². The van der Waals surface area contributed by atoms with Crippen LogP contribution in [0, 0.1) is 0 Å². The minimum absolute atomic E-state index is 0.293. The first-order valence-corrected chi connectivity index (χ1v) is 9.84. The van der Waals surface area contributed by atoms with Gasteiger partial charge in [0.1, 0.15) is 0 Å². The second kappa shape index (κ2) is 9.20. The first kappa shape index (κ1) is 20.3. The number of methoxy groups -OCH3 is 4. The third-order valence-corrected chi connectivity index (χ3v) is 5.50. The van der Waals surface area contributed by atoms with Crippen LogP contribution in [-0.2, 0) is 12.8 Å². The second-order valence-corrected chi connectivity index (χ2v) is 7.10. The Morgan fingerprint density at radius 1 is 0.857 bits per heavy atom. The van der Waals surface area contributed by atoms with Crippen LogP contribution in [0.4, 0.5) is 0 Å². The summed E-state index contributed by atoms with van der Waals surface area (Å²) in [5, 5.41) is 0. The summed E-state index contributed by atoms with van der Waals surface area (Å²) in [6.07, 6.45) is 3.06. The van der Waals surface area contributed by atoms with Gasteiger partial charge in [-0.15, -0.1) is 0 Å². The molecular weight excluding hydrogens is 354 g/mol. The van der Waals surface area contributed by atoms with E-state index in [4.69, 9.17) is 18.9 Å². The highest BCUT2D eigenvalue weighted by Gasteiger charge is 2.29. The molecule has 0 unspecified atom stereocenters. The van der Waals surface area contributed by atoms with Crippen molar-refractivity contribution in [3.8, 4) is 23.0 Å². The molecule has 1 heterocycles. The fourth-order valence-corrected chi connectivity index (χ4v) is 4.10. The van der Waals surface area contributed by atoms with Crippen molar-refractivity contribution in [2.75, 3.05) is 41.5 Å². The normalized spacial score (nSPS) is 16.4. The Balaban J connectivity index is 1.99. The van der Waals surface area contributed by atoms with Crippen LogP contribution in [0.2, 0.25) is 0 Å². The molecule has 0 amide bonds. The molecule has 0 saturated heterocycles. The SMILES string of the molecule is CCCN1CCc2cc(OC)c(OC)cc2[C@@H]1Cc1ccc(OC)c(OC)c1. The molecular formula is C23H31NO4. The maximum Gasteiger partial charge on any atom is 0.161 e. The van der Waals surface area contributed by atoms with Gasteiger partial charge in [-0.3, -0.25) is 4.90 Å². The molecule has 0 saturated carbocycles. The van der Waals surface area contributed by atoms with Crippen LogP contribution in [0.3, 0.4) is 0 Å². The van der Waals surface area contributed by atoms with Crippen molar-refractivity contribution in [2.45, 2.75) is 32.2 Å². The van der Waals surface area contributed by atoms with E-state index in [-0.39, 0.29) is 0 Å². The van der Waals surface area contributed by atoms with E-state index in [0.717, 1.165) is 55.4 Å². The molecule has 0 aliphatic carbocycles. The molecule has 0 bridgehead atoms. The monoisotopic (exact) mass is 385 g/mol. The van der Waals surface area contributed by atoms with Crippen molar-refractivity contribution < 1.29 is 18.9 Å². The highest BCUT2D eigenvalue weighted by molar-refractivity contribution is 5.50. The fourth-order valence-electron chi connectivity index (χ4n) is 4.10. The van der Waals surface area contributed by atoms with E-state index in [1.54, 1.807) is 28.4 Å². The van der Waals surface area contributed by atoms with Crippen LogP contribution in [0.15, 0.2) is 30.3 Å². The Morgan fingerprint density at radius 3 is 2.14 bits per heavy atom. The van der Waals surface area contributed by atoms with Gasteiger partial charge in [0.2, 0.25) is 0 Å². The number of rotatable bonds is 8. The van der Waals surface area contributed by atoms with E-state index in [1.807, 2.05) is 6.07 Å². The van der Waals surface area contributed by atoms with Gasteiger partial charge in [-0.1, -0.05) is 13.0 Å². The van der Waals surface area contributed by atoms with Gasteiger partial charge in [-0.05, 0) is 66.8 Å². The quantitative estimate of drug-likeness (QED) is 0.679. The first-order valence-electron chi connectivity index (χ1n) is 9.84. The summed E-state index contributed by atoms with van der Waals surface area (Å²) in [5.41, 5.74) is 3.90. The zero-order valence-corrected chi connectivity index (χ0v) is 17.6. The number of ether oxygens (including phenoxy) is 4. The van der Waals surface area contributed by atoms with Crippen LogP contribution in [0.1, 0.15) is 36.1 Å². The van der Waals surface area contributed by atoms with E-state index >= 15 is 0 Å². The van der Waals surface area contributed by atoms with Crippen molar-refractivity contribution in [2.24, 2.45) is 0 Å². The lowest BCUT2D eigenvalue weighted by atomic mass is 9.88. The molecule has 1 aliphatic rings. The Morgan fingerprint density at radius 2 is 1.50 bits per heavy atom. The Kier molecular flexibility index (Phi) is 6.68. The topological polar surface area (TPSA) is 40.2 Å². The molecule has 2 aromatic rings. The van der Waals surface area contributed by atoms with Crippen LogP contribution in [-0.4, -0.2) is 46.4 Å². The number of benzene rings is 2. The fraction of sp³-hybridized carbons (Fsp3) is 0.478. The number of fused-ring (bicyclic) bond motifs is 1. The molecule has 1 atom stereocenters. The van der Waals surface area contributed by atoms with Gasteiger partial charge in [-0.25, -0.2) is 0 Å². The Bertz CT molecular complexity index is 805. The van der Waals surface area contributed by atoms with Crippen LogP contribution in [0.25, 0.3) is 0 Å². The molecule has 28 heavy (non-hydrogen) atoms. The summed E-state index contributed by atoms with van der Waals surface area (Å²) in [6.45, 7) is 4.36. The Labute approximate surface area is 168 Å². The van der Waals surface area contributed by atoms with E-state index in [2.05, 4.69) is 36.1 Å². The summed E-state index contributed by atoms with van der Waals surface area (Å²) >= 11 is 0. The molecule has 152 valence electrons. The molecule has 0 spiro atoms. The van der Waals surface area contributed by atoms with Crippen LogP contribution >= 0.6 is 0 Å². The molecule has 0 aromatic heterocycles. The largest absolute Gasteiger partial charge is 0.493 e. The van der Waals surface area contributed by atoms with E-state index in [1.165, 1.54) is 16.7 Å². The molecule has 0 radical (unpaired) electrons. The third kappa shape index (κ3) is 4.04. The number of hydrogen-bond donors (Lipinski definition) is 0. The first-order chi connectivity index (χ1) is 13.6. The van der Waals surface area contributed by atoms with Gasteiger partial charge in [0, 0.05) is 12.6 Å². The summed E-state index contributed by atoms with van der Waals surface area (Å²) in [5.74, 6) is 3.12. The minimum Gasteiger partial charge on any atom is -0.493 e. The lowest BCUT2D eigenvalue weighted by Crippen LogP contribution is -2.37. The van der Waals surface area contributed by atoms with Gasteiger partial charge in [0.15, 0.2) is 23.0 Å². The predicted molar refractivity (Wildman–Crippen MR) is 111 cm³/mol. The zero-order valence-electron chi connectivity index (χ0n) is 17.6. The summed E-state index contributed by atoms with van der Waals surface area (Å²) in [7, 11) is 6.73. The second-order valence-electron chi connectivity index (χ2n) is 7.10. The average Bonchev–Trinajstić information content (AvgIpc) is 2.74. The van der Waals surface area contributed by atoms with E-state index < -0.39 is 0 Å². The van der Waals surface area contributed by atoms with Gasteiger partial charge < -0.3 is 18.9 Å². The van der Waals surface area contributed by atoms with Crippen molar-refractivity contribution in [1.82, 2.24) is 4.90 Å². The standard InChI is InChI=1S/C23H31NO4/c1-6-10-24-11-9-17-14-22(27-4)23(28-5)15-18(17)19(24)12-16-7-8-20(25-2)21(13-16)26-3/h7-8,13-15,19H,6,9-12H2,1-5H3/t19-/m0/s1. The zero-order chi connectivity index (χ0) is 20.1. The predicted octanol–water partition coefficient (Wildman–Crippen LogP) is 4.27. The lowest BCUT2D eigenvalue weighted by molar-refractivity contribution is 0.183. The maximum atomic E-state index is 5.58. The van der Waals surface area contributed by atoms with Crippen molar-refractivity contribution in [3.63, 3.8) is 0 Å². The van der Waals surface area contributed by atoms with Crippen molar-refractivity contribution in [3.05, 3.63) is 47.0 Å². The summed E-state index contributed by atoms with van der Waals surface area (Å²) in [6, 6.07) is 10.8. The van der Waals surface area contributed by atoms with Gasteiger partial charge >= 0.3 is 0 Å². The van der Waals surface area contributed by atoms with Gasteiger partial charge in [-0.2, -0.15) is 0 Å². The maximum absolute atomic E-state index is 5.58. The van der Waals surface area contributed by atoms with Gasteiger partial charge in [0.05, 0.1) is 28.4 Å². The van der Waals surface area contributed by atoms with Crippen molar-refractivity contribution in [1.29, 1.82) is 0 Å². The molecule has 0 fully saturated rings. The lowest BCUT2D eigenvalue weighted by Gasteiger charge is -2.38. The van der Waals surface area contributed by atoms with Crippen LogP contribution in [0.5, 0.6) is 23.0 Å². The summed E-state index contributed by atoms with van der Waals surface area (Å²) in [4.78, 5) is 2.57. The molecule has 3 rings (SSSR count).